The largest absolute Gasteiger partial charge is 0.493 e. The van der Waals surface area contributed by atoms with Crippen LogP contribution in [0.4, 0.5) is 10.5 Å². The normalized spacial score (nSPS) is 15.4. The van der Waals surface area contributed by atoms with Crippen LogP contribution in [-0.4, -0.2) is 52.8 Å². The van der Waals surface area contributed by atoms with Crippen LogP contribution in [0.25, 0.3) is 6.08 Å². The molecule has 2 aromatic carbocycles. The van der Waals surface area contributed by atoms with Crippen LogP contribution < -0.4 is 14.8 Å². The van der Waals surface area contributed by atoms with Crippen LogP contribution in [0, 0.1) is 13.8 Å². The van der Waals surface area contributed by atoms with E-state index in [4.69, 9.17) is 14.6 Å². The monoisotopic (exact) mass is 484 g/mol. The summed E-state index contributed by atoms with van der Waals surface area (Å²) < 4.78 is 10.6. The first-order valence-electron chi connectivity index (χ1n) is 10.3. The predicted octanol–water partition coefficient (Wildman–Crippen LogP) is 3.84. The molecule has 1 aliphatic heterocycles. The van der Waals surface area contributed by atoms with Crippen LogP contribution in [0.5, 0.6) is 11.5 Å². The number of thioether (sulfide) groups is 1. The van der Waals surface area contributed by atoms with Gasteiger partial charge in [-0.3, -0.25) is 19.3 Å². The molecule has 3 rings (SSSR count). The lowest BCUT2D eigenvalue weighted by Gasteiger charge is -2.14. The first-order chi connectivity index (χ1) is 16.1. The first-order valence-corrected chi connectivity index (χ1v) is 11.1. The quantitative estimate of drug-likeness (QED) is 0.542. The van der Waals surface area contributed by atoms with E-state index in [9.17, 15) is 19.2 Å². The van der Waals surface area contributed by atoms with Crippen molar-refractivity contribution in [1.29, 1.82) is 0 Å². The van der Waals surface area contributed by atoms with E-state index in [1.807, 2.05) is 32.0 Å². The van der Waals surface area contributed by atoms with E-state index in [1.54, 1.807) is 12.1 Å². The van der Waals surface area contributed by atoms with Gasteiger partial charge in [0.1, 0.15) is 6.54 Å². The number of nitrogens with zero attached hydrogens (tertiary/aromatic N) is 1. The van der Waals surface area contributed by atoms with Crippen molar-refractivity contribution in [3.63, 3.8) is 0 Å². The number of hydrogen-bond donors (Lipinski definition) is 2. The maximum atomic E-state index is 12.8. The zero-order valence-electron chi connectivity index (χ0n) is 19.1. The molecule has 0 saturated carbocycles. The summed E-state index contributed by atoms with van der Waals surface area (Å²) in [6.45, 7) is 4.74. The highest BCUT2D eigenvalue weighted by Gasteiger charge is 2.36. The molecule has 10 heteroatoms. The summed E-state index contributed by atoms with van der Waals surface area (Å²) in [7, 11) is 1.40. The maximum absolute atomic E-state index is 12.8. The number of carbonyl (C=O) groups is 4. The molecule has 34 heavy (non-hydrogen) atoms. The van der Waals surface area contributed by atoms with Crippen molar-refractivity contribution < 1.29 is 33.8 Å². The molecule has 1 aliphatic rings. The number of ether oxygens (including phenoxy) is 2. The van der Waals surface area contributed by atoms with Crippen LogP contribution in [0.1, 0.15) is 23.6 Å². The highest BCUT2D eigenvalue weighted by molar-refractivity contribution is 8.18. The molecular formula is C24H24N2O7S. The van der Waals surface area contributed by atoms with Crippen molar-refractivity contribution >= 4 is 46.5 Å². The molecule has 1 heterocycles. The van der Waals surface area contributed by atoms with E-state index in [0.29, 0.717) is 11.3 Å². The SMILES string of the molecule is COc1cc(C=C2SC(=O)N(CC(=O)Nc3cc(C)ccc3C)C2=O)ccc1OC(C)C(=O)O. The Hall–Kier alpha value is -3.79. The topological polar surface area (TPSA) is 122 Å². The third kappa shape index (κ3) is 5.76. The van der Waals surface area contributed by atoms with Gasteiger partial charge in [0.15, 0.2) is 17.6 Å². The summed E-state index contributed by atoms with van der Waals surface area (Å²) in [4.78, 5) is 49.7. The molecule has 1 saturated heterocycles. The molecule has 0 aromatic heterocycles. The van der Waals surface area contributed by atoms with Crippen molar-refractivity contribution in [2.24, 2.45) is 0 Å². The summed E-state index contributed by atoms with van der Waals surface area (Å²) in [5.41, 5.74) is 3.00. The van der Waals surface area contributed by atoms with Gasteiger partial charge in [-0.15, -0.1) is 0 Å². The fourth-order valence-electron chi connectivity index (χ4n) is 3.10. The smallest absolute Gasteiger partial charge is 0.344 e. The molecule has 1 atom stereocenters. The molecule has 1 fully saturated rings. The van der Waals surface area contributed by atoms with Gasteiger partial charge in [0.25, 0.3) is 11.1 Å². The second-order valence-corrected chi connectivity index (χ2v) is 8.64. The van der Waals surface area contributed by atoms with Crippen molar-refractivity contribution in [2.75, 3.05) is 19.0 Å². The van der Waals surface area contributed by atoms with E-state index in [-0.39, 0.29) is 16.4 Å². The van der Waals surface area contributed by atoms with E-state index in [2.05, 4.69) is 5.32 Å². The minimum absolute atomic E-state index is 0.152. The molecule has 3 amide bonds. The molecule has 9 nitrogen and oxygen atoms in total. The number of imide groups is 1. The Balaban J connectivity index is 1.73. The number of nitrogens with one attached hydrogen (secondary N) is 1. The van der Waals surface area contributed by atoms with Gasteiger partial charge in [0.05, 0.1) is 12.0 Å². The standard InChI is InChI=1S/C24H24N2O7S/c1-13-5-6-14(2)17(9-13)25-21(27)12-26-22(28)20(34-24(26)31)11-16-7-8-18(19(10-16)32-4)33-15(3)23(29)30/h5-11,15H,12H2,1-4H3,(H,25,27)(H,29,30). The number of amides is 3. The van der Waals surface area contributed by atoms with Gasteiger partial charge in [-0.1, -0.05) is 18.2 Å². The fourth-order valence-corrected chi connectivity index (χ4v) is 3.94. The van der Waals surface area contributed by atoms with E-state index in [1.165, 1.54) is 26.2 Å². The van der Waals surface area contributed by atoms with Crippen LogP contribution in [0.2, 0.25) is 0 Å². The number of anilines is 1. The second-order valence-electron chi connectivity index (χ2n) is 7.64. The van der Waals surface area contributed by atoms with Crippen molar-refractivity contribution in [2.45, 2.75) is 26.9 Å². The highest BCUT2D eigenvalue weighted by atomic mass is 32.2. The van der Waals surface area contributed by atoms with Gasteiger partial charge >= 0.3 is 5.97 Å². The Morgan fingerprint density at radius 2 is 1.88 bits per heavy atom. The zero-order valence-corrected chi connectivity index (χ0v) is 19.9. The number of carboxylic acid groups (broad SMARTS) is 1. The number of benzene rings is 2. The molecule has 0 bridgehead atoms. The molecule has 2 N–H and O–H groups in total. The number of carbonyl (C=O) groups excluding carboxylic acids is 3. The number of carboxylic acids is 1. The second kappa shape index (κ2) is 10.4. The summed E-state index contributed by atoms with van der Waals surface area (Å²) in [6, 6.07) is 10.3. The Morgan fingerprint density at radius 3 is 2.56 bits per heavy atom. The lowest BCUT2D eigenvalue weighted by molar-refractivity contribution is -0.144. The van der Waals surface area contributed by atoms with Crippen LogP contribution >= 0.6 is 11.8 Å². The minimum Gasteiger partial charge on any atom is -0.493 e. The van der Waals surface area contributed by atoms with Gasteiger partial charge < -0.3 is 19.9 Å². The Bertz CT molecular complexity index is 1190. The first kappa shape index (κ1) is 24.8. The Morgan fingerprint density at radius 1 is 1.15 bits per heavy atom. The van der Waals surface area contributed by atoms with Crippen LogP contribution in [0.3, 0.4) is 0 Å². The fraction of sp³-hybridized carbons (Fsp3) is 0.250. The molecule has 0 spiro atoms. The highest BCUT2D eigenvalue weighted by Crippen LogP contribution is 2.35. The molecule has 1 unspecified atom stereocenters. The van der Waals surface area contributed by atoms with Crippen LogP contribution in [-0.2, 0) is 14.4 Å². The third-order valence-corrected chi connectivity index (χ3v) is 5.89. The number of aliphatic carboxylic acids is 1. The number of aryl methyl sites for hydroxylation is 2. The molecule has 0 aliphatic carbocycles. The van der Waals surface area contributed by atoms with Crippen molar-refractivity contribution in [1.82, 2.24) is 4.90 Å². The zero-order chi connectivity index (χ0) is 25.0. The van der Waals surface area contributed by atoms with Crippen LogP contribution in [0.15, 0.2) is 41.3 Å². The number of hydrogen-bond acceptors (Lipinski definition) is 7. The lowest BCUT2D eigenvalue weighted by Crippen LogP contribution is -2.36. The van der Waals surface area contributed by atoms with Gasteiger partial charge in [0, 0.05) is 5.69 Å². The molecule has 2 aromatic rings. The van der Waals surface area contributed by atoms with Gasteiger partial charge in [-0.2, -0.15) is 0 Å². The molecule has 0 radical (unpaired) electrons. The predicted molar refractivity (Wildman–Crippen MR) is 128 cm³/mol. The van der Waals surface area contributed by atoms with Crippen molar-refractivity contribution in [3.05, 3.63) is 58.0 Å². The summed E-state index contributed by atoms with van der Waals surface area (Å²) in [5.74, 6) is -1.68. The minimum atomic E-state index is -1.12. The maximum Gasteiger partial charge on any atom is 0.344 e. The number of methoxy groups -OCH3 is 1. The molecular weight excluding hydrogens is 460 g/mol. The summed E-state index contributed by atoms with van der Waals surface area (Å²) in [5, 5.41) is 11.2. The number of rotatable bonds is 8. The van der Waals surface area contributed by atoms with Gasteiger partial charge in [-0.25, -0.2) is 4.79 Å². The van der Waals surface area contributed by atoms with E-state index in [0.717, 1.165) is 27.8 Å². The Labute approximate surface area is 200 Å². The van der Waals surface area contributed by atoms with Gasteiger partial charge in [0.2, 0.25) is 5.91 Å². The van der Waals surface area contributed by atoms with Crippen molar-refractivity contribution in [3.8, 4) is 11.5 Å². The molecule has 178 valence electrons. The summed E-state index contributed by atoms with van der Waals surface area (Å²) in [6.07, 6.45) is 0.423. The van der Waals surface area contributed by atoms with Gasteiger partial charge in [-0.05, 0) is 73.5 Å². The third-order valence-electron chi connectivity index (χ3n) is 4.98. The van der Waals surface area contributed by atoms with E-state index >= 15 is 0 Å². The lowest BCUT2D eigenvalue weighted by atomic mass is 10.1. The summed E-state index contributed by atoms with van der Waals surface area (Å²) >= 11 is 0.731. The Kier molecular flexibility index (Phi) is 7.62. The average Bonchev–Trinajstić information content (AvgIpc) is 3.04. The van der Waals surface area contributed by atoms with E-state index < -0.39 is 35.7 Å². The average molecular weight is 485 g/mol.